The molecular formula is C18H20ClN3O4. The minimum Gasteiger partial charge on any atom is -0.496 e. The lowest BCUT2D eigenvalue weighted by Gasteiger charge is -2.18. The maximum absolute atomic E-state index is 12.2. The highest BCUT2D eigenvalue weighted by Crippen LogP contribution is 2.26. The van der Waals surface area contributed by atoms with Crippen LogP contribution in [-0.2, 0) is 11.3 Å². The van der Waals surface area contributed by atoms with Gasteiger partial charge in [-0.3, -0.25) is 19.8 Å². The lowest BCUT2D eigenvalue weighted by molar-refractivity contribution is -0.384. The SMILES string of the molecule is COc1ccc(C)cc1CN(C)CC(=O)Nc1ccc([N+](=O)[O-])cc1Cl. The normalized spacial score (nSPS) is 10.7. The number of amides is 1. The summed E-state index contributed by atoms with van der Waals surface area (Å²) < 4.78 is 5.35. The molecule has 7 nitrogen and oxygen atoms in total. The second kappa shape index (κ2) is 8.64. The van der Waals surface area contributed by atoms with Gasteiger partial charge in [-0.25, -0.2) is 0 Å². The summed E-state index contributed by atoms with van der Waals surface area (Å²) in [6, 6.07) is 9.80. The van der Waals surface area contributed by atoms with E-state index >= 15 is 0 Å². The van der Waals surface area contributed by atoms with Crippen molar-refractivity contribution in [3.63, 3.8) is 0 Å². The number of hydrogen-bond donors (Lipinski definition) is 1. The maximum Gasteiger partial charge on any atom is 0.271 e. The Kier molecular flexibility index (Phi) is 6.54. The van der Waals surface area contributed by atoms with E-state index in [4.69, 9.17) is 16.3 Å². The van der Waals surface area contributed by atoms with Crippen molar-refractivity contribution in [2.75, 3.05) is 26.0 Å². The summed E-state index contributed by atoms with van der Waals surface area (Å²) in [6.07, 6.45) is 0. The third-order valence-electron chi connectivity index (χ3n) is 3.73. The first-order chi connectivity index (χ1) is 12.3. The molecule has 0 bridgehead atoms. The molecule has 0 aliphatic rings. The zero-order valence-electron chi connectivity index (χ0n) is 14.8. The van der Waals surface area contributed by atoms with E-state index in [1.165, 1.54) is 18.2 Å². The summed E-state index contributed by atoms with van der Waals surface area (Å²) in [4.78, 5) is 24.3. The first-order valence-corrected chi connectivity index (χ1v) is 8.24. The fourth-order valence-electron chi connectivity index (χ4n) is 2.53. The van der Waals surface area contributed by atoms with Crippen molar-refractivity contribution in [1.82, 2.24) is 4.90 Å². The standard InChI is InChI=1S/C18H20ClN3O4/c1-12-4-7-17(26-3)13(8-12)10-21(2)11-18(23)20-16-6-5-14(22(24)25)9-15(16)19/h4-9H,10-11H2,1-3H3,(H,20,23). The molecule has 0 aliphatic carbocycles. The van der Waals surface area contributed by atoms with Crippen molar-refractivity contribution in [2.24, 2.45) is 0 Å². The molecular weight excluding hydrogens is 358 g/mol. The van der Waals surface area contributed by atoms with Crippen LogP contribution in [0.3, 0.4) is 0 Å². The second-order valence-corrected chi connectivity index (χ2v) is 6.36. The molecule has 0 heterocycles. The Morgan fingerprint density at radius 2 is 2.04 bits per heavy atom. The molecule has 0 aromatic heterocycles. The van der Waals surface area contributed by atoms with Gasteiger partial charge in [0.1, 0.15) is 5.75 Å². The van der Waals surface area contributed by atoms with Crippen LogP contribution in [0.1, 0.15) is 11.1 Å². The van der Waals surface area contributed by atoms with E-state index in [0.29, 0.717) is 12.2 Å². The quantitative estimate of drug-likeness (QED) is 0.588. The molecule has 0 spiro atoms. The molecule has 0 aliphatic heterocycles. The lowest BCUT2D eigenvalue weighted by Crippen LogP contribution is -2.30. The largest absolute Gasteiger partial charge is 0.496 e. The molecule has 8 heteroatoms. The number of benzene rings is 2. The van der Waals surface area contributed by atoms with Gasteiger partial charge in [0.25, 0.3) is 5.69 Å². The third-order valence-corrected chi connectivity index (χ3v) is 4.04. The number of nitro benzene ring substituents is 1. The minimum atomic E-state index is -0.541. The predicted molar refractivity (Wildman–Crippen MR) is 101 cm³/mol. The van der Waals surface area contributed by atoms with Crippen molar-refractivity contribution in [1.29, 1.82) is 0 Å². The van der Waals surface area contributed by atoms with Crippen LogP contribution in [-0.4, -0.2) is 36.4 Å². The topological polar surface area (TPSA) is 84.7 Å². The van der Waals surface area contributed by atoms with E-state index in [9.17, 15) is 14.9 Å². The number of aryl methyl sites for hydroxylation is 1. The molecule has 138 valence electrons. The molecule has 26 heavy (non-hydrogen) atoms. The number of methoxy groups -OCH3 is 1. The van der Waals surface area contributed by atoms with Crippen molar-refractivity contribution >= 4 is 28.9 Å². The number of non-ortho nitro benzene ring substituents is 1. The molecule has 1 N–H and O–H groups in total. The van der Waals surface area contributed by atoms with Crippen LogP contribution in [0.25, 0.3) is 0 Å². The molecule has 0 saturated heterocycles. The summed E-state index contributed by atoms with van der Waals surface area (Å²) in [7, 11) is 3.43. The van der Waals surface area contributed by atoms with Gasteiger partial charge in [0, 0.05) is 24.2 Å². The van der Waals surface area contributed by atoms with Gasteiger partial charge in [0.15, 0.2) is 0 Å². The summed E-state index contributed by atoms with van der Waals surface area (Å²) in [5.41, 5.74) is 2.30. The Bertz CT molecular complexity index is 826. The summed E-state index contributed by atoms with van der Waals surface area (Å²) >= 11 is 5.99. The van der Waals surface area contributed by atoms with E-state index in [1.807, 2.05) is 37.1 Å². The molecule has 2 rings (SSSR count). The average molecular weight is 378 g/mol. The van der Waals surface area contributed by atoms with E-state index in [-0.39, 0.29) is 23.2 Å². The Morgan fingerprint density at radius 1 is 1.31 bits per heavy atom. The highest BCUT2D eigenvalue weighted by atomic mass is 35.5. The van der Waals surface area contributed by atoms with Crippen LogP contribution in [0.15, 0.2) is 36.4 Å². The summed E-state index contributed by atoms with van der Waals surface area (Å²) in [5, 5.41) is 13.5. The van der Waals surface area contributed by atoms with E-state index in [0.717, 1.165) is 16.9 Å². The highest BCUT2D eigenvalue weighted by Gasteiger charge is 2.14. The zero-order valence-corrected chi connectivity index (χ0v) is 15.5. The van der Waals surface area contributed by atoms with Crippen LogP contribution >= 0.6 is 11.6 Å². The first-order valence-electron chi connectivity index (χ1n) is 7.86. The Balaban J connectivity index is 1.99. The third kappa shape index (κ3) is 5.18. The number of likely N-dealkylation sites (N-methyl/N-ethyl adjacent to an activating group) is 1. The van der Waals surface area contributed by atoms with Gasteiger partial charge in [-0.15, -0.1) is 0 Å². The van der Waals surface area contributed by atoms with E-state index in [2.05, 4.69) is 5.32 Å². The van der Waals surface area contributed by atoms with Gasteiger partial charge in [0.2, 0.25) is 5.91 Å². The number of carbonyl (C=O) groups is 1. The molecule has 0 radical (unpaired) electrons. The monoisotopic (exact) mass is 377 g/mol. The Morgan fingerprint density at radius 3 is 2.65 bits per heavy atom. The molecule has 1 amide bonds. The molecule has 2 aromatic carbocycles. The van der Waals surface area contributed by atoms with Gasteiger partial charge < -0.3 is 10.1 Å². The van der Waals surface area contributed by atoms with Crippen LogP contribution in [0.2, 0.25) is 5.02 Å². The molecule has 2 aromatic rings. The van der Waals surface area contributed by atoms with Crippen molar-refractivity contribution in [2.45, 2.75) is 13.5 Å². The minimum absolute atomic E-state index is 0.121. The number of nitrogens with one attached hydrogen (secondary N) is 1. The summed E-state index contributed by atoms with van der Waals surface area (Å²) in [5.74, 6) is 0.496. The van der Waals surface area contributed by atoms with Crippen LogP contribution in [0.4, 0.5) is 11.4 Å². The number of anilines is 1. The number of halogens is 1. The highest BCUT2D eigenvalue weighted by molar-refractivity contribution is 6.34. The number of nitrogens with zero attached hydrogens (tertiary/aromatic N) is 2. The smallest absolute Gasteiger partial charge is 0.271 e. The number of nitro groups is 1. The van der Waals surface area contributed by atoms with Crippen LogP contribution < -0.4 is 10.1 Å². The Hall–Kier alpha value is -2.64. The molecule has 0 saturated carbocycles. The van der Waals surface area contributed by atoms with Crippen molar-refractivity contribution < 1.29 is 14.5 Å². The predicted octanol–water partition coefficient (Wildman–Crippen LogP) is 3.64. The van der Waals surface area contributed by atoms with Crippen LogP contribution in [0, 0.1) is 17.0 Å². The molecule has 0 unspecified atom stereocenters. The summed E-state index contributed by atoms with van der Waals surface area (Å²) in [6.45, 7) is 2.66. The van der Waals surface area contributed by atoms with Crippen LogP contribution in [0.5, 0.6) is 5.75 Å². The van der Waals surface area contributed by atoms with Gasteiger partial charge in [-0.2, -0.15) is 0 Å². The fraction of sp³-hybridized carbons (Fsp3) is 0.278. The van der Waals surface area contributed by atoms with Gasteiger partial charge in [-0.05, 0) is 26.1 Å². The van der Waals surface area contributed by atoms with E-state index < -0.39 is 4.92 Å². The molecule has 0 fully saturated rings. The fourth-order valence-corrected chi connectivity index (χ4v) is 2.75. The second-order valence-electron chi connectivity index (χ2n) is 5.96. The van der Waals surface area contributed by atoms with Gasteiger partial charge in [-0.1, -0.05) is 29.3 Å². The van der Waals surface area contributed by atoms with Crippen molar-refractivity contribution in [3.8, 4) is 5.75 Å². The van der Waals surface area contributed by atoms with Gasteiger partial charge in [0.05, 0.1) is 29.3 Å². The zero-order chi connectivity index (χ0) is 19.3. The number of ether oxygens (including phenoxy) is 1. The first kappa shape index (κ1) is 19.7. The van der Waals surface area contributed by atoms with Crippen molar-refractivity contribution in [3.05, 3.63) is 62.7 Å². The van der Waals surface area contributed by atoms with E-state index in [1.54, 1.807) is 7.11 Å². The molecule has 0 atom stereocenters. The number of hydrogen-bond acceptors (Lipinski definition) is 5. The Labute approximate surface area is 156 Å². The average Bonchev–Trinajstić information content (AvgIpc) is 2.56. The number of carbonyl (C=O) groups excluding carboxylic acids is 1. The number of rotatable bonds is 7. The van der Waals surface area contributed by atoms with Gasteiger partial charge >= 0.3 is 0 Å². The lowest BCUT2D eigenvalue weighted by atomic mass is 10.1. The maximum atomic E-state index is 12.2.